The Morgan fingerprint density at radius 3 is 2.68 bits per heavy atom. The molecule has 4 nitrogen and oxygen atoms in total. The molecule has 1 aliphatic rings. The SMILES string of the molecule is Cc1ccccc1NC1CCCC1CNC(=O)OC(C)(C)C. The fraction of sp³-hybridized carbons (Fsp3) is 0.611. The molecule has 1 aromatic rings. The van der Waals surface area contributed by atoms with Gasteiger partial charge < -0.3 is 15.4 Å². The maximum absolute atomic E-state index is 11.8. The van der Waals surface area contributed by atoms with E-state index in [9.17, 15) is 4.79 Å². The van der Waals surface area contributed by atoms with Crippen molar-refractivity contribution in [2.75, 3.05) is 11.9 Å². The number of ether oxygens (including phenoxy) is 1. The number of anilines is 1. The molecule has 0 radical (unpaired) electrons. The van der Waals surface area contributed by atoms with Crippen molar-refractivity contribution in [3.8, 4) is 0 Å². The number of benzene rings is 1. The predicted octanol–water partition coefficient (Wildman–Crippen LogP) is 4.10. The minimum atomic E-state index is -0.446. The molecule has 2 unspecified atom stereocenters. The molecule has 1 saturated carbocycles. The Morgan fingerprint density at radius 1 is 1.27 bits per heavy atom. The van der Waals surface area contributed by atoms with Gasteiger partial charge in [-0.25, -0.2) is 4.79 Å². The largest absolute Gasteiger partial charge is 0.444 e. The maximum Gasteiger partial charge on any atom is 0.407 e. The highest BCUT2D eigenvalue weighted by Crippen LogP contribution is 2.29. The number of amides is 1. The Morgan fingerprint density at radius 2 is 2.00 bits per heavy atom. The van der Waals surface area contributed by atoms with Crippen LogP contribution in [0, 0.1) is 12.8 Å². The zero-order chi connectivity index (χ0) is 16.2. The first-order valence-electron chi connectivity index (χ1n) is 8.14. The van der Waals surface area contributed by atoms with Crippen LogP contribution >= 0.6 is 0 Å². The van der Waals surface area contributed by atoms with Crippen LogP contribution in [-0.4, -0.2) is 24.3 Å². The molecule has 1 fully saturated rings. The molecule has 1 aliphatic carbocycles. The molecule has 0 spiro atoms. The molecule has 0 aromatic heterocycles. The van der Waals surface area contributed by atoms with Crippen LogP contribution in [0.25, 0.3) is 0 Å². The van der Waals surface area contributed by atoms with Crippen LogP contribution in [0.2, 0.25) is 0 Å². The minimum absolute atomic E-state index is 0.325. The van der Waals surface area contributed by atoms with Gasteiger partial charge in [0.15, 0.2) is 0 Å². The minimum Gasteiger partial charge on any atom is -0.444 e. The third-order valence-corrected chi connectivity index (χ3v) is 4.05. The highest BCUT2D eigenvalue weighted by Gasteiger charge is 2.28. The summed E-state index contributed by atoms with van der Waals surface area (Å²) in [5, 5.41) is 6.55. The highest BCUT2D eigenvalue weighted by atomic mass is 16.6. The Labute approximate surface area is 133 Å². The standard InChI is InChI=1S/C18H28N2O2/c1-13-8-5-6-10-15(13)20-16-11-7-9-14(16)12-19-17(21)22-18(2,3)4/h5-6,8,10,14,16,20H,7,9,11-12H2,1-4H3,(H,19,21). The quantitative estimate of drug-likeness (QED) is 0.880. The van der Waals surface area contributed by atoms with E-state index in [1.54, 1.807) is 0 Å². The van der Waals surface area contributed by atoms with E-state index in [2.05, 4.69) is 41.8 Å². The van der Waals surface area contributed by atoms with Gasteiger partial charge in [0, 0.05) is 18.3 Å². The first kappa shape index (κ1) is 16.7. The number of rotatable bonds is 4. The molecule has 4 heteroatoms. The summed E-state index contributed by atoms with van der Waals surface area (Å²) in [4.78, 5) is 11.8. The molecule has 1 amide bonds. The normalized spacial score (nSPS) is 21.5. The summed E-state index contributed by atoms with van der Waals surface area (Å²) in [5.74, 6) is 0.451. The van der Waals surface area contributed by atoms with Gasteiger partial charge in [-0.15, -0.1) is 0 Å². The number of carbonyl (C=O) groups excluding carboxylic acids is 1. The molecule has 0 heterocycles. The molecule has 0 saturated heterocycles. The average molecular weight is 304 g/mol. The second-order valence-corrected chi connectivity index (χ2v) is 7.14. The van der Waals surface area contributed by atoms with E-state index in [4.69, 9.17) is 4.74 Å². The van der Waals surface area contributed by atoms with Crippen LogP contribution in [0.3, 0.4) is 0 Å². The van der Waals surface area contributed by atoms with E-state index in [0.29, 0.717) is 18.5 Å². The fourth-order valence-electron chi connectivity index (χ4n) is 2.93. The van der Waals surface area contributed by atoms with Crippen LogP contribution < -0.4 is 10.6 Å². The van der Waals surface area contributed by atoms with Gasteiger partial charge in [-0.3, -0.25) is 0 Å². The summed E-state index contributed by atoms with van der Waals surface area (Å²) < 4.78 is 5.30. The van der Waals surface area contributed by atoms with E-state index in [-0.39, 0.29) is 6.09 Å². The second-order valence-electron chi connectivity index (χ2n) is 7.14. The van der Waals surface area contributed by atoms with Crippen molar-refractivity contribution < 1.29 is 9.53 Å². The van der Waals surface area contributed by atoms with Crippen LogP contribution in [0.5, 0.6) is 0 Å². The summed E-state index contributed by atoms with van der Waals surface area (Å²) in [7, 11) is 0. The Hall–Kier alpha value is -1.71. The van der Waals surface area contributed by atoms with Crippen LogP contribution in [0.15, 0.2) is 24.3 Å². The molecule has 2 atom stereocenters. The average Bonchev–Trinajstić information content (AvgIpc) is 2.84. The number of para-hydroxylation sites is 1. The number of hydrogen-bond donors (Lipinski definition) is 2. The number of hydrogen-bond acceptors (Lipinski definition) is 3. The highest BCUT2D eigenvalue weighted by molar-refractivity contribution is 5.67. The van der Waals surface area contributed by atoms with Crippen molar-refractivity contribution >= 4 is 11.8 Å². The molecule has 2 rings (SSSR count). The summed E-state index contributed by atoms with van der Waals surface area (Å²) in [6, 6.07) is 8.75. The zero-order valence-electron chi connectivity index (χ0n) is 14.1. The van der Waals surface area contributed by atoms with E-state index >= 15 is 0 Å². The Kier molecular flexibility index (Phi) is 5.33. The molecule has 0 bridgehead atoms. The van der Waals surface area contributed by atoms with E-state index in [1.807, 2.05) is 20.8 Å². The topological polar surface area (TPSA) is 50.4 Å². The van der Waals surface area contributed by atoms with Gasteiger partial charge in [-0.2, -0.15) is 0 Å². The third-order valence-electron chi connectivity index (χ3n) is 4.05. The number of nitrogens with one attached hydrogen (secondary N) is 2. The molecular weight excluding hydrogens is 276 g/mol. The van der Waals surface area contributed by atoms with Crippen molar-refractivity contribution in [1.29, 1.82) is 0 Å². The fourth-order valence-corrected chi connectivity index (χ4v) is 2.93. The van der Waals surface area contributed by atoms with Crippen LogP contribution in [0.1, 0.15) is 45.6 Å². The molecule has 0 aliphatic heterocycles. The van der Waals surface area contributed by atoms with Crippen molar-refractivity contribution in [2.24, 2.45) is 5.92 Å². The van der Waals surface area contributed by atoms with Crippen molar-refractivity contribution in [1.82, 2.24) is 5.32 Å². The summed E-state index contributed by atoms with van der Waals surface area (Å²) in [6.07, 6.45) is 3.16. The second kappa shape index (κ2) is 7.03. The van der Waals surface area contributed by atoms with E-state index < -0.39 is 5.60 Å². The van der Waals surface area contributed by atoms with Crippen LogP contribution in [0.4, 0.5) is 10.5 Å². The maximum atomic E-state index is 11.8. The number of aryl methyl sites for hydroxylation is 1. The monoisotopic (exact) mass is 304 g/mol. The zero-order valence-corrected chi connectivity index (χ0v) is 14.1. The van der Waals surface area contributed by atoms with Crippen molar-refractivity contribution in [3.05, 3.63) is 29.8 Å². The molecule has 2 N–H and O–H groups in total. The number of alkyl carbamates (subject to hydrolysis) is 1. The predicted molar refractivity (Wildman–Crippen MR) is 90.2 cm³/mol. The lowest BCUT2D eigenvalue weighted by molar-refractivity contribution is 0.0519. The third kappa shape index (κ3) is 4.93. The molecule has 1 aromatic carbocycles. The van der Waals surface area contributed by atoms with Gasteiger partial charge in [0.05, 0.1) is 0 Å². The van der Waals surface area contributed by atoms with E-state index in [0.717, 1.165) is 12.8 Å². The lowest BCUT2D eigenvalue weighted by atomic mass is 10.0. The van der Waals surface area contributed by atoms with Gasteiger partial charge in [0.2, 0.25) is 0 Å². The van der Waals surface area contributed by atoms with Crippen molar-refractivity contribution in [3.63, 3.8) is 0 Å². The lowest BCUT2D eigenvalue weighted by Crippen LogP contribution is -2.38. The summed E-state index contributed by atoms with van der Waals surface area (Å²) in [5.41, 5.74) is 2.00. The van der Waals surface area contributed by atoms with Gasteiger partial charge >= 0.3 is 6.09 Å². The summed E-state index contributed by atoms with van der Waals surface area (Å²) >= 11 is 0. The lowest BCUT2D eigenvalue weighted by Gasteiger charge is -2.25. The first-order valence-corrected chi connectivity index (χ1v) is 8.14. The number of carbonyl (C=O) groups is 1. The van der Waals surface area contributed by atoms with Gasteiger partial charge in [0.25, 0.3) is 0 Å². The van der Waals surface area contributed by atoms with Crippen LogP contribution in [-0.2, 0) is 4.74 Å². The first-order chi connectivity index (χ1) is 10.3. The van der Waals surface area contributed by atoms with Crippen molar-refractivity contribution in [2.45, 2.75) is 58.6 Å². The Bertz CT molecular complexity index is 508. The Balaban J connectivity index is 1.86. The molecule has 122 valence electrons. The van der Waals surface area contributed by atoms with Gasteiger partial charge in [-0.1, -0.05) is 24.6 Å². The smallest absolute Gasteiger partial charge is 0.407 e. The molecule has 22 heavy (non-hydrogen) atoms. The van der Waals surface area contributed by atoms with Gasteiger partial charge in [-0.05, 0) is 58.1 Å². The summed E-state index contributed by atoms with van der Waals surface area (Å²) in [6.45, 7) is 8.42. The van der Waals surface area contributed by atoms with Gasteiger partial charge in [0.1, 0.15) is 5.60 Å². The molecular formula is C18H28N2O2. The van der Waals surface area contributed by atoms with E-state index in [1.165, 1.54) is 17.7 Å².